The first kappa shape index (κ1) is 11.9. The SMILES string of the molecule is COC(=O)C1CC(CCC2(C)OCCO2)C1. The average molecular weight is 228 g/mol. The molecule has 0 radical (unpaired) electrons. The minimum Gasteiger partial charge on any atom is -0.469 e. The summed E-state index contributed by atoms with van der Waals surface area (Å²) in [6.45, 7) is 3.40. The van der Waals surface area contributed by atoms with Crippen LogP contribution in [0.5, 0.6) is 0 Å². The van der Waals surface area contributed by atoms with Crippen molar-refractivity contribution < 1.29 is 19.0 Å². The molecule has 2 rings (SSSR count). The maximum absolute atomic E-state index is 11.2. The Morgan fingerprint density at radius 1 is 1.38 bits per heavy atom. The summed E-state index contributed by atoms with van der Waals surface area (Å²) in [6, 6.07) is 0. The normalized spacial score (nSPS) is 32.1. The van der Waals surface area contributed by atoms with Gasteiger partial charge < -0.3 is 14.2 Å². The molecule has 1 saturated carbocycles. The van der Waals surface area contributed by atoms with Crippen molar-refractivity contribution in [3.63, 3.8) is 0 Å². The van der Waals surface area contributed by atoms with E-state index in [0.717, 1.165) is 25.7 Å². The number of esters is 1. The molecule has 0 spiro atoms. The molecule has 0 aromatic rings. The molecule has 0 N–H and O–H groups in total. The van der Waals surface area contributed by atoms with Crippen LogP contribution in [0, 0.1) is 11.8 Å². The topological polar surface area (TPSA) is 44.8 Å². The lowest BCUT2D eigenvalue weighted by Crippen LogP contribution is -2.33. The summed E-state index contributed by atoms with van der Waals surface area (Å²) in [5.74, 6) is 0.328. The van der Waals surface area contributed by atoms with E-state index in [1.165, 1.54) is 7.11 Å². The van der Waals surface area contributed by atoms with Gasteiger partial charge in [0.15, 0.2) is 5.79 Å². The zero-order valence-corrected chi connectivity index (χ0v) is 10.0. The Hall–Kier alpha value is -0.610. The first-order valence-corrected chi connectivity index (χ1v) is 5.99. The lowest BCUT2D eigenvalue weighted by atomic mass is 9.72. The van der Waals surface area contributed by atoms with E-state index >= 15 is 0 Å². The minimum atomic E-state index is -0.379. The number of carbonyl (C=O) groups is 1. The molecule has 4 nitrogen and oxygen atoms in total. The van der Waals surface area contributed by atoms with E-state index < -0.39 is 0 Å². The van der Waals surface area contributed by atoms with E-state index in [9.17, 15) is 4.79 Å². The predicted octanol–water partition coefficient (Wildman–Crippen LogP) is 1.73. The Balaban J connectivity index is 1.64. The second-order valence-electron chi connectivity index (χ2n) is 4.93. The molecule has 1 heterocycles. The summed E-state index contributed by atoms with van der Waals surface area (Å²) in [7, 11) is 1.46. The third-order valence-corrected chi connectivity index (χ3v) is 3.68. The van der Waals surface area contributed by atoms with Gasteiger partial charge in [0.05, 0.1) is 26.2 Å². The Bertz CT molecular complexity index is 252. The monoisotopic (exact) mass is 228 g/mol. The summed E-state index contributed by atoms with van der Waals surface area (Å²) >= 11 is 0. The molecular weight excluding hydrogens is 208 g/mol. The molecule has 1 aliphatic carbocycles. The molecule has 0 aromatic carbocycles. The fraction of sp³-hybridized carbons (Fsp3) is 0.917. The Morgan fingerprint density at radius 2 is 2.00 bits per heavy atom. The van der Waals surface area contributed by atoms with Crippen LogP contribution in [0.15, 0.2) is 0 Å². The van der Waals surface area contributed by atoms with E-state index in [1.807, 2.05) is 6.92 Å². The number of carbonyl (C=O) groups excluding carboxylic acids is 1. The predicted molar refractivity (Wildman–Crippen MR) is 57.8 cm³/mol. The van der Waals surface area contributed by atoms with E-state index in [1.54, 1.807) is 0 Å². The Morgan fingerprint density at radius 3 is 2.56 bits per heavy atom. The van der Waals surface area contributed by atoms with Gasteiger partial charge in [0.25, 0.3) is 0 Å². The van der Waals surface area contributed by atoms with Crippen LogP contribution in [0.2, 0.25) is 0 Å². The molecule has 1 saturated heterocycles. The van der Waals surface area contributed by atoms with Gasteiger partial charge in [-0.25, -0.2) is 0 Å². The van der Waals surface area contributed by atoms with Crippen molar-refractivity contribution in [2.75, 3.05) is 20.3 Å². The number of hydrogen-bond acceptors (Lipinski definition) is 4. The molecule has 1 aliphatic heterocycles. The van der Waals surface area contributed by atoms with Crippen molar-refractivity contribution in [3.05, 3.63) is 0 Å². The van der Waals surface area contributed by atoms with Gasteiger partial charge >= 0.3 is 5.97 Å². The highest BCUT2D eigenvalue weighted by Crippen LogP contribution is 2.39. The summed E-state index contributed by atoms with van der Waals surface area (Å²) in [6.07, 6.45) is 3.92. The van der Waals surface area contributed by atoms with Gasteiger partial charge in [0.2, 0.25) is 0 Å². The van der Waals surface area contributed by atoms with E-state index in [4.69, 9.17) is 14.2 Å². The van der Waals surface area contributed by atoms with Crippen molar-refractivity contribution in [2.24, 2.45) is 11.8 Å². The molecule has 0 aromatic heterocycles. The van der Waals surface area contributed by atoms with Crippen LogP contribution in [0.1, 0.15) is 32.6 Å². The fourth-order valence-electron chi connectivity index (χ4n) is 2.50. The van der Waals surface area contributed by atoms with Crippen LogP contribution in [-0.4, -0.2) is 32.1 Å². The van der Waals surface area contributed by atoms with E-state index in [-0.39, 0.29) is 17.7 Å². The van der Waals surface area contributed by atoms with Crippen molar-refractivity contribution in [3.8, 4) is 0 Å². The highest BCUT2D eigenvalue weighted by Gasteiger charge is 2.38. The van der Waals surface area contributed by atoms with Crippen LogP contribution in [0.25, 0.3) is 0 Å². The summed E-state index contributed by atoms with van der Waals surface area (Å²) in [5.41, 5.74) is 0. The van der Waals surface area contributed by atoms with Crippen LogP contribution < -0.4 is 0 Å². The summed E-state index contributed by atoms with van der Waals surface area (Å²) in [5, 5.41) is 0. The molecular formula is C12H20O4. The van der Waals surface area contributed by atoms with Crippen molar-refractivity contribution in [1.82, 2.24) is 0 Å². The number of ether oxygens (including phenoxy) is 3. The Labute approximate surface area is 96.2 Å². The van der Waals surface area contributed by atoms with Crippen LogP contribution in [-0.2, 0) is 19.0 Å². The van der Waals surface area contributed by atoms with E-state index in [2.05, 4.69) is 0 Å². The quantitative estimate of drug-likeness (QED) is 0.687. The van der Waals surface area contributed by atoms with Gasteiger partial charge in [-0.3, -0.25) is 4.79 Å². The van der Waals surface area contributed by atoms with Crippen LogP contribution in [0.4, 0.5) is 0 Å². The molecule has 4 heteroatoms. The molecule has 0 unspecified atom stereocenters. The lowest BCUT2D eigenvalue weighted by molar-refractivity contribution is -0.156. The van der Waals surface area contributed by atoms with Crippen molar-refractivity contribution in [1.29, 1.82) is 0 Å². The molecule has 0 amide bonds. The molecule has 2 aliphatic rings. The van der Waals surface area contributed by atoms with Crippen molar-refractivity contribution >= 4 is 5.97 Å². The number of hydrogen-bond donors (Lipinski definition) is 0. The van der Waals surface area contributed by atoms with E-state index in [0.29, 0.717) is 19.1 Å². The van der Waals surface area contributed by atoms with Crippen molar-refractivity contribution in [2.45, 2.75) is 38.4 Å². The van der Waals surface area contributed by atoms with Gasteiger partial charge in [0.1, 0.15) is 0 Å². The van der Waals surface area contributed by atoms with Gasteiger partial charge in [-0.1, -0.05) is 0 Å². The molecule has 2 fully saturated rings. The third kappa shape index (κ3) is 2.55. The van der Waals surface area contributed by atoms with Crippen LogP contribution >= 0.6 is 0 Å². The number of rotatable bonds is 4. The molecule has 16 heavy (non-hydrogen) atoms. The highest BCUT2D eigenvalue weighted by atomic mass is 16.7. The second kappa shape index (κ2) is 4.72. The van der Waals surface area contributed by atoms with Gasteiger partial charge in [-0.2, -0.15) is 0 Å². The Kier molecular flexibility index (Phi) is 3.50. The largest absolute Gasteiger partial charge is 0.469 e. The van der Waals surface area contributed by atoms with Gasteiger partial charge in [-0.05, 0) is 32.1 Å². The summed E-state index contributed by atoms with van der Waals surface area (Å²) < 4.78 is 15.8. The fourth-order valence-corrected chi connectivity index (χ4v) is 2.50. The molecule has 92 valence electrons. The zero-order chi connectivity index (χ0) is 11.6. The standard InChI is InChI=1S/C12H20O4/c1-12(15-5-6-16-12)4-3-9-7-10(8-9)11(13)14-2/h9-10H,3-8H2,1-2H3. The van der Waals surface area contributed by atoms with Crippen LogP contribution in [0.3, 0.4) is 0 Å². The summed E-state index contributed by atoms with van der Waals surface area (Å²) in [4.78, 5) is 11.2. The maximum atomic E-state index is 11.2. The first-order valence-electron chi connectivity index (χ1n) is 5.99. The smallest absolute Gasteiger partial charge is 0.308 e. The molecule has 0 bridgehead atoms. The average Bonchev–Trinajstić information content (AvgIpc) is 2.62. The zero-order valence-electron chi connectivity index (χ0n) is 10.0. The highest BCUT2D eigenvalue weighted by molar-refractivity contribution is 5.73. The maximum Gasteiger partial charge on any atom is 0.308 e. The minimum absolute atomic E-state index is 0.0594. The van der Waals surface area contributed by atoms with Gasteiger partial charge in [-0.15, -0.1) is 0 Å². The third-order valence-electron chi connectivity index (χ3n) is 3.68. The number of methoxy groups -OCH3 is 1. The molecule has 0 atom stereocenters. The van der Waals surface area contributed by atoms with Gasteiger partial charge in [0, 0.05) is 6.42 Å². The first-order chi connectivity index (χ1) is 7.63. The lowest BCUT2D eigenvalue weighted by Gasteiger charge is -2.35. The second-order valence-corrected chi connectivity index (χ2v) is 4.93.